The number of nitrogens with one attached hydrogen (secondary N) is 2. The van der Waals surface area contributed by atoms with Gasteiger partial charge in [-0.15, -0.1) is 0 Å². The molecule has 1 aliphatic heterocycles. The number of nitrogens with zero attached hydrogens (tertiary/aromatic N) is 4. The number of aromatic nitrogens is 4. The summed E-state index contributed by atoms with van der Waals surface area (Å²) in [4.78, 5) is 35.8. The van der Waals surface area contributed by atoms with Crippen LogP contribution in [0.1, 0.15) is 66.7 Å². The first kappa shape index (κ1) is 19.4. The summed E-state index contributed by atoms with van der Waals surface area (Å²) in [5.74, 6) is 0.339. The van der Waals surface area contributed by atoms with Crippen LogP contribution in [0.25, 0.3) is 0 Å². The van der Waals surface area contributed by atoms with Gasteiger partial charge < -0.3 is 15.0 Å². The third-order valence-corrected chi connectivity index (χ3v) is 5.11. The van der Waals surface area contributed by atoms with E-state index in [9.17, 15) is 9.59 Å². The molecule has 2 aliphatic rings. The molecule has 0 bridgehead atoms. The smallest absolute Gasteiger partial charge is 0.410 e. The molecule has 2 aromatic rings. The number of carbonyl (C=O) groups excluding carboxylic acids is 2. The van der Waals surface area contributed by atoms with Gasteiger partial charge in [-0.05, 0) is 46.1 Å². The van der Waals surface area contributed by atoms with E-state index in [2.05, 4.69) is 25.5 Å². The van der Waals surface area contributed by atoms with Crippen molar-refractivity contribution in [2.45, 2.75) is 64.6 Å². The van der Waals surface area contributed by atoms with Gasteiger partial charge in [-0.3, -0.25) is 9.89 Å². The number of fused-ring (bicyclic) bond motifs is 1. The molecule has 9 heteroatoms. The highest BCUT2D eigenvalue weighted by molar-refractivity contribution is 5.95. The van der Waals surface area contributed by atoms with E-state index >= 15 is 0 Å². The normalized spacial score (nSPS) is 17.4. The highest BCUT2D eigenvalue weighted by atomic mass is 16.6. The average Bonchev–Trinajstić information content (AvgIpc) is 3.29. The summed E-state index contributed by atoms with van der Waals surface area (Å²) in [6, 6.07) is 0. The van der Waals surface area contributed by atoms with Crippen molar-refractivity contribution in [2.24, 2.45) is 0 Å². The van der Waals surface area contributed by atoms with Gasteiger partial charge in [0.1, 0.15) is 11.1 Å². The van der Waals surface area contributed by atoms with Crippen LogP contribution in [-0.4, -0.2) is 49.2 Å². The van der Waals surface area contributed by atoms with Crippen molar-refractivity contribution in [1.29, 1.82) is 0 Å². The molecule has 3 heterocycles. The summed E-state index contributed by atoms with van der Waals surface area (Å²) in [6.45, 7) is 8.23. The van der Waals surface area contributed by atoms with E-state index in [1.807, 2.05) is 27.7 Å². The number of aryl methyl sites for hydroxylation is 1. The van der Waals surface area contributed by atoms with E-state index in [4.69, 9.17) is 4.74 Å². The molecule has 0 aromatic carbocycles. The van der Waals surface area contributed by atoms with Crippen molar-refractivity contribution in [3.05, 3.63) is 40.7 Å². The maximum Gasteiger partial charge on any atom is 0.410 e. The molecular formula is C20H26N6O3. The quantitative estimate of drug-likeness (QED) is 0.820. The summed E-state index contributed by atoms with van der Waals surface area (Å²) in [5.41, 5.74) is 1.80. The first-order chi connectivity index (χ1) is 13.7. The number of ether oxygens (including phenoxy) is 1. The van der Waals surface area contributed by atoms with Crippen molar-refractivity contribution < 1.29 is 14.3 Å². The standard InChI is InChI=1S/C20H26N6O3/c1-12-9-21-17(22-10-12)20(6-7-20)23-16(27)15-13-11-26(8-5-14(13)24-25-15)18(28)29-19(2,3)4/h9-10H,5-8,11H2,1-4H3,(H,23,27)(H,24,25). The summed E-state index contributed by atoms with van der Waals surface area (Å²) < 4.78 is 5.47. The van der Waals surface area contributed by atoms with Gasteiger partial charge in [-0.25, -0.2) is 14.8 Å². The zero-order valence-electron chi connectivity index (χ0n) is 17.2. The van der Waals surface area contributed by atoms with Crippen LogP contribution >= 0.6 is 0 Å². The Balaban J connectivity index is 1.50. The van der Waals surface area contributed by atoms with Crippen LogP contribution in [0.5, 0.6) is 0 Å². The summed E-state index contributed by atoms with van der Waals surface area (Å²) in [6.07, 6.45) is 5.30. The molecule has 0 spiro atoms. The van der Waals surface area contributed by atoms with E-state index in [-0.39, 0.29) is 18.5 Å². The Bertz CT molecular complexity index is 940. The number of hydrogen-bond donors (Lipinski definition) is 2. The first-order valence-corrected chi connectivity index (χ1v) is 9.82. The lowest BCUT2D eigenvalue weighted by Gasteiger charge is -2.30. The van der Waals surface area contributed by atoms with E-state index in [1.165, 1.54) is 0 Å². The predicted molar refractivity (Wildman–Crippen MR) is 104 cm³/mol. The van der Waals surface area contributed by atoms with Crippen LogP contribution in [0.15, 0.2) is 12.4 Å². The highest BCUT2D eigenvalue weighted by Gasteiger charge is 2.49. The minimum atomic E-state index is -0.569. The fraction of sp³-hybridized carbons (Fsp3) is 0.550. The van der Waals surface area contributed by atoms with Gasteiger partial charge in [0.05, 0.1) is 6.54 Å². The topological polar surface area (TPSA) is 113 Å². The lowest BCUT2D eigenvalue weighted by molar-refractivity contribution is 0.0222. The van der Waals surface area contributed by atoms with Crippen LogP contribution in [0.2, 0.25) is 0 Å². The van der Waals surface area contributed by atoms with Crippen molar-refractivity contribution in [3.63, 3.8) is 0 Å². The van der Waals surface area contributed by atoms with E-state index < -0.39 is 11.1 Å². The second-order valence-corrected chi connectivity index (χ2v) is 8.80. The van der Waals surface area contributed by atoms with Gasteiger partial charge in [-0.2, -0.15) is 5.10 Å². The minimum Gasteiger partial charge on any atom is -0.444 e. The van der Waals surface area contributed by atoms with Crippen molar-refractivity contribution in [3.8, 4) is 0 Å². The maximum atomic E-state index is 13.0. The summed E-state index contributed by atoms with van der Waals surface area (Å²) in [5, 5.41) is 10.2. The Labute approximate surface area is 169 Å². The van der Waals surface area contributed by atoms with E-state index in [0.717, 1.165) is 29.7 Å². The van der Waals surface area contributed by atoms with Crippen LogP contribution in [0.3, 0.4) is 0 Å². The molecule has 4 rings (SSSR count). The Hall–Kier alpha value is -2.97. The van der Waals surface area contributed by atoms with Crippen LogP contribution in [0.4, 0.5) is 4.79 Å². The number of amides is 2. The molecule has 1 aliphatic carbocycles. The van der Waals surface area contributed by atoms with Gasteiger partial charge in [0.25, 0.3) is 5.91 Å². The molecular weight excluding hydrogens is 372 g/mol. The zero-order valence-corrected chi connectivity index (χ0v) is 17.2. The van der Waals surface area contributed by atoms with Crippen molar-refractivity contribution >= 4 is 12.0 Å². The highest BCUT2D eigenvalue weighted by Crippen LogP contribution is 2.44. The molecule has 0 saturated heterocycles. The first-order valence-electron chi connectivity index (χ1n) is 9.82. The van der Waals surface area contributed by atoms with Gasteiger partial charge in [0.2, 0.25) is 0 Å². The SMILES string of the molecule is Cc1cnc(C2(NC(=O)c3n[nH]c4c3CN(C(=O)OC(C)(C)C)CC4)CC2)nc1. The molecule has 2 amide bonds. The molecule has 154 valence electrons. The molecule has 1 saturated carbocycles. The molecule has 2 N–H and O–H groups in total. The fourth-order valence-electron chi connectivity index (χ4n) is 3.41. The Morgan fingerprint density at radius 1 is 1.24 bits per heavy atom. The zero-order chi connectivity index (χ0) is 20.8. The minimum absolute atomic E-state index is 0.282. The van der Waals surface area contributed by atoms with E-state index in [1.54, 1.807) is 17.3 Å². The van der Waals surface area contributed by atoms with Gasteiger partial charge in [0, 0.05) is 36.6 Å². The number of carbonyl (C=O) groups is 2. The number of H-pyrrole nitrogens is 1. The van der Waals surface area contributed by atoms with Gasteiger partial charge >= 0.3 is 6.09 Å². The van der Waals surface area contributed by atoms with Gasteiger partial charge in [-0.1, -0.05) is 0 Å². The maximum absolute atomic E-state index is 13.0. The average molecular weight is 398 g/mol. The van der Waals surface area contributed by atoms with E-state index in [0.29, 0.717) is 24.5 Å². The van der Waals surface area contributed by atoms with Crippen LogP contribution in [-0.2, 0) is 23.2 Å². The lowest BCUT2D eigenvalue weighted by Crippen LogP contribution is -2.41. The molecule has 0 atom stereocenters. The molecule has 29 heavy (non-hydrogen) atoms. The lowest BCUT2D eigenvalue weighted by atomic mass is 10.0. The second kappa shape index (κ2) is 6.82. The molecule has 0 radical (unpaired) electrons. The Morgan fingerprint density at radius 2 is 1.93 bits per heavy atom. The van der Waals surface area contributed by atoms with Crippen molar-refractivity contribution in [1.82, 2.24) is 30.4 Å². The Kier molecular flexibility index (Phi) is 4.55. The molecule has 0 unspecified atom stereocenters. The molecule has 2 aromatic heterocycles. The number of aromatic amines is 1. The van der Waals surface area contributed by atoms with Crippen LogP contribution < -0.4 is 5.32 Å². The van der Waals surface area contributed by atoms with Crippen LogP contribution in [0, 0.1) is 6.92 Å². The summed E-state index contributed by atoms with van der Waals surface area (Å²) >= 11 is 0. The summed E-state index contributed by atoms with van der Waals surface area (Å²) in [7, 11) is 0. The predicted octanol–water partition coefficient (Wildman–Crippen LogP) is 2.22. The largest absolute Gasteiger partial charge is 0.444 e. The number of hydrogen-bond acceptors (Lipinski definition) is 6. The Morgan fingerprint density at radius 3 is 2.55 bits per heavy atom. The second-order valence-electron chi connectivity index (χ2n) is 8.80. The fourth-order valence-corrected chi connectivity index (χ4v) is 3.41. The van der Waals surface area contributed by atoms with Crippen molar-refractivity contribution in [2.75, 3.05) is 6.54 Å². The monoisotopic (exact) mass is 398 g/mol. The third-order valence-electron chi connectivity index (χ3n) is 5.11. The molecule has 9 nitrogen and oxygen atoms in total. The molecule has 1 fully saturated rings. The third kappa shape index (κ3) is 3.94. The van der Waals surface area contributed by atoms with Gasteiger partial charge in [0.15, 0.2) is 11.5 Å². The number of rotatable bonds is 3.